The third-order valence-electron chi connectivity index (χ3n) is 3.30. The number of rotatable bonds is 4. The quantitative estimate of drug-likeness (QED) is 0.932. The molecule has 1 aliphatic heterocycles. The summed E-state index contributed by atoms with van der Waals surface area (Å²) in [5.41, 5.74) is 1.02. The molecule has 0 bridgehead atoms. The van der Waals surface area contributed by atoms with Crippen LogP contribution in [0.3, 0.4) is 0 Å². The highest BCUT2D eigenvalue weighted by molar-refractivity contribution is 7.22. The fourth-order valence-corrected chi connectivity index (χ4v) is 3.28. The molecule has 0 radical (unpaired) electrons. The predicted octanol–water partition coefficient (Wildman–Crippen LogP) is 3.29. The molecule has 1 atom stereocenters. The number of benzene rings is 1. The Bertz CT molecular complexity index is 576. The highest BCUT2D eigenvalue weighted by Crippen LogP contribution is 2.32. The van der Waals surface area contributed by atoms with Crippen LogP contribution in [0.1, 0.15) is 20.3 Å². The second kappa shape index (κ2) is 4.98. The summed E-state index contributed by atoms with van der Waals surface area (Å²) in [5, 5.41) is 4.45. The first kappa shape index (κ1) is 12.7. The van der Waals surface area contributed by atoms with E-state index < -0.39 is 0 Å². The SMILES string of the molecule is CCOc1ccc2nc(NC3(C)CCOC3)sc2c1. The fraction of sp³-hybridized carbons (Fsp3) is 0.500. The van der Waals surface area contributed by atoms with Crippen LogP contribution < -0.4 is 10.1 Å². The molecule has 102 valence electrons. The van der Waals surface area contributed by atoms with Gasteiger partial charge in [0.15, 0.2) is 5.13 Å². The van der Waals surface area contributed by atoms with Crippen LogP contribution in [0, 0.1) is 0 Å². The number of thiazole rings is 1. The molecule has 19 heavy (non-hydrogen) atoms. The van der Waals surface area contributed by atoms with E-state index in [-0.39, 0.29) is 5.54 Å². The minimum atomic E-state index is 0.0105. The van der Waals surface area contributed by atoms with E-state index in [9.17, 15) is 0 Å². The Morgan fingerprint density at radius 2 is 2.42 bits per heavy atom. The third kappa shape index (κ3) is 2.67. The zero-order valence-electron chi connectivity index (χ0n) is 11.2. The summed E-state index contributed by atoms with van der Waals surface area (Å²) in [6.45, 7) is 6.42. The van der Waals surface area contributed by atoms with Crippen molar-refractivity contribution in [2.24, 2.45) is 0 Å². The smallest absolute Gasteiger partial charge is 0.184 e. The van der Waals surface area contributed by atoms with Gasteiger partial charge in [-0.15, -0.1) is 0 Å². The molecule has 1 aliphatic rings. The summed E-state index contributed by atoms with van der Waals surface area (Å²) >= 11 is 1.66. The first-order valence-electron chi connectivity index (χ1n) is 6.58. The number of fused-ring (bicyclic) bond motifs is 1. The molecule has 3 rings (SSSR count). The van der Waals surface area contributed by atoms with Crippen molar-refractivity contribution in [2.75, 3.05) is 25.1 Å². The first-order chi connectivity index (χ1) is 9.18. The van der Waals surface area contributed by atoms with Gasteiger partial charge < -0.3 is 14.8 Å². The lowest BCUT2D eigenvalue weighted by Gasteiger charge is -2.22. The molecule has 0 spiro atoms. The third-order valence-corrected chi connectivity index (χ3v) is 4.23. The van der Waals surface area contributed by atoms with E-state index in [1.165, 1.54) is 0 Å². The van der Waals surface area contributed by atoms with Crippen molar-refractivity contribution in [2.45, 2.75) is 25.8 Å². The Morgan fingerprint density at radius 3 is 3.16 bits per heavy atom. The molecule has 0 amide bonds. The van der Waals surface area contributed by atoms with Crippen molar-refractivity contribution in [1.29, 1.82) is 0 Å². The summed E-state index contributed by atoms with van der Waals surface area (Å²) in [6.07, 6.45) is 1.02. The summed E-state index contributed by atoms with van der Waals surface area (Å²) in [4.78, 5) is 4.62. The number of anilines is 1. The molecule has 1 unspecified atom stereocenters. The lowest BCUT2D eigenvalue weighted by molar-refractivity contribution is 0.185. The van der Waals surface area contributed by atoms with E-state index in [4.69, 9.17) is 9.47 Å². The maximum absolute atomic E-state index is 5.51. The first-order valence-corrected chi connectivity index (χ1v) is 7.39. The summed E-state index contributed by atoms with van der Waals surface area (Å²) in [5.74, 6) is 0.903. The lowest BCUT2D eigenvalue weighted by atomic mass is 10.0. The van der Waals surface area contributed by atoms with E-state index in [1.54, 1.807) is 11.3 Å². The van der Waals surface area contributed by atoms with Gasteiger partial charge in [-0.25, -0.2) is 4.98 Å². The Kier molecular flexibility index (Phi) is 3.33. The average molecular weight is 278 g/mol. The van der Waals surface area contributed by atoms with E-state index in [0.29, 0.717) is 6.61 Å². The molecule has 0 aliphatic carbocycles. The topological polar surface area (TPSA) is 43.4 Å². The van der Waals surface area contributed by atoms with Crippen LogP contribution in [0.4, 0.5) is 5.13 Å². The molecule has 1 aromatic carbocycles. The van der Waals surface area contributed by atoms with Gasteiger partial charge in [0.05, 0.1) is 29.0 Å². The second-order valence-corrected chi connectivity index (χ2v) is 6.10. The fourth-order valence-electron chi connectivity index (χ4n) is 2.24. The van der Waals surface area contributed by atoms with Crippen molar-refractivity contribution >= 4 is 26.7 Å². The van der Waals surface area contributed by atoms with Gasteiger partial charge in [-0.2, -0.15) is 0 Å². The van der Waals surface area contributed by atoms with Crippen LogP contribution in [-0.4, -0.2) is 30.3 Å². The molecule has 2 heterocycles. The largest absolute Gasteiger partial charge is 0.494 e. The molecule has 0 saturated carbocycles. The zero-order chi connectivity index (χ0) is 13.3. The highest BCUT2D eigenvalue weighted by atomic mass is 32.1. The number of nitrogens with zero attached hydrogens (tertiary/aromatic N) is 1. The molecule has 2 aromatic rings. The van der Waals surface area contributed by atoms with Crippen LogP contribution in [0.15, 0.2) is 18.2 Å². The summed E-state index contributed by atoms with van der Waals surface area (Å²) in [7, 11) is 0. The van der Waals surface area contributed by atoms with Gasteiger partial charge in [0.25, 0.3) is 0 Å². The minimum Gasteiger partial charge on any atom is -0.494 e. The van der Waals surface area contributed by atoms with Crippen LogP contribution in [0.5, 0.6) is 5.75 Å². The minimum absolute atomic E-state index is 0.0105. The monoisotopic (exact) mass is 278 g/mol. The molecule has 5 heteroatoms. The van der Waals surface area contributed by atoms with Crippen LogP contribution in [0.2, 0.25) is 0 Å². The molecule has 1 aromatic heterocycles. The average Bonchev–Trinajstić information content (AvgIpc) is 2.95. The Morgan fingerprint density at radius 1 is 1.53 bits per heavy atom. The molecule has 1 N–H and O–H groups in total. The van der Waals surface area contributed by atoms with Crippen LogP contribution in [0.25, 0.3) is 10.2 Å². The number of nitrogens with one attached hydrogen (secondary N) is 1. The van der Waals surface area contributed by atoms with Crippen molar-refractivity contribution in [3.05, 3.63) is 18.2 Å². The summed E-state index contributed by atoms with van der Waals surface area (Å²) < 4.78 is 12.1. The summed E-state index contributed by atoms with van der Waals surface area (Å²) in [6, 6.07) is 6.03. The maximum atomic E-state index is 5.51. The van der Waals surface area contributed by atoms with Gasteiger partial charge >= 0.3 is 0 Å². The van der Waals surface area contributed by atoms with Crippen molar-refractivity contribution in [3.8, 4) is 5.75 Å². The standard InChI is InChI=1S/C14H18N2O2S/c1-3-18-10-4-5-11-12(8-10)19-13(15-11)16-14(2)6-7-17-9-14/h4-5,8H,3,6-7,9H2,1-2H3,(H,15,16). The van der Waals surface area contributed by atoms with Crippen molar-refractivity contribution in [3.63, 3.8) is 0 Å². The van der Waals surface area contributed by atoms with Gasteiger partial charge in [0.1, 0.15) is 5.75 Å². The molecule has 1 fully saturated rings. The lowest BCUT2D eigenvalue weighted by Crippen LogP contribution is -2.34. The van der Waals surface area contributed by atoms with Gasteiger partial charge in [-0.05, 0) is 38.5 Å². The van der Waals surface area contributed by atoms with E-state index in [1.807, 2.05) is 19.1 Å². The van der Waals surface area contributed by atoms with Crippen molar-refractivity contribution in [1.82, 2.24) is 4.98 Å². The van der Waals surface area contributed by atoms with Gasteiger partial charge in [-0.3, -0.25) is 0 Å². The predicted molar refractivity (Wildman–Crippen MR) is 78.3 cm³/mol. The van der Waals surface area contributed by atoms with E-state index >= 15 is 0 Å². The number of hydrogen-bond donors (Lipinski definition) is 1. The van der Waals surface area contributed by atoms with Gasteiger partial charge in [0, 0.05) is 6.61 Å². The highest BCUT2D eigenvalue weighted by Gasteiger charge is 2.30. The molecular weight excluding hydrogens is 260 g/mol. The molecular formula is C14H18N2O2S. The van der Waals surface area contributed by atoms with Crippen LogP contribution >= 0.6 is 11.3 Å². The zero-order valence-corrected chi connectivity index (χ0v) is 12.0. The normalized spacial score (nSPS) is 22.8. The number of aromatic nitrogens is 1. The Hall–Kier alpha value is -1.33. The molecule has 1 saturated heterocycles. The van der Waals surface area contributed by atoms with E-state index in [2.05, 4.69) is 23.3 Å². The second-order valence-electron chi connectivity index (χ2n) is 5.07. The maximum Gasteiger partial charge on any atom is 0.184 e. The van der Waals surface area contributed by atoms with Gasteiger partial charge in [0.2, 0.25) is 0 Å². The van der Waals surface area contributed by atoms with Crippen molar-refractivity contribution < 1.29 is 9.47 Å². The van der Waals surface area contributed by atoms with E-state index in [0.717, 1.165) is 40.7 Å². The molecule has 4 nitrogen and oxygen atoms in total. The number of hydrogen-bond acceptors (Lipinski definition) is 5. The Balaban J connectivity index is 1.84. The Labute approximate surface area is 116 Å². The van der Waals surface area contributed by atoms with Crippen LogP contribution in [-0.2, 0) is 4.74 Å². The number of ether oxygens (including phenoxy) is 2. The van der Waals surface area contributed by atoms with Gasteiger partial charge in [-0.1, -0.05) is 11.3 Å².